The van der Waals surface area contributed by atoms with E-state index in [9.17, 15) is 0 Å². The normalized spacial score (nSPS) is 26.1. The summed E-state index contributed by atoms with van der Waals surface area (Å²) in [6.07, 6.45) is 1.24. The number of nitrogens with one attached hydrogen (secondary N) is 1. The highest BCUT2D eigenvalue weighted by molar-refractivity contribution is 6.42. The van der Waals surface area contributed by atoms with Crippen LogP contribution in [0.25, 0.3) is 0 Å². The molecule has 0 spiro atoms. The Morgan fingerprint density at radius 2 is 2.24 bits per heavy atom. The Bertz CT molecular complexity index is 400. The smallest absolute Gasteiger partial charge is 0.0640 e. The maximum atomic E-state index is 6.21. The van der Waals surface area contributed by atoms with Crippen molar-refractivity contribution < 1.29 is 4.74 Å². The first-order valence-corrected chi connectivity index (χ1v) is 6.40. The molecule has 0 saturated carbocycles. The minimum atomic E-state index is -0.0221. The van der Waals surface area contributed by atoms with Crippen LogP contribution in [0.3, 0.4) is 0 Å². The largest absolute Gasteiger partial charge is 0.378 e. The van der Waals surface area contributed by atoms with Gasteiger partial charge in [-0.15, -0.1) is 0 Å². The zero-order chi connectivity index (χ0) is 12.4. The Labute approximate surface area is 111 Å². The molecule has 3 N–H and O–H groups in total. The first-order valence-electron chi connectivity index (χ1n) is 5.65. The second kappa shape index (κ2) is 5.55. The van der Waals surface area contributed by atoms with Gasteiger partial charge in [0.1, 0.15) is 0 Å². The zero-order valence-corrected chi connectivity index (χ0v) is 11.1. The first kappa shape index (κ1) is 13.1. The molecule has 17 heavy (non-hydrogen) atoms. The van der Waals surface area contributed by atoms with Crippen LogP contribution in [-0.2, 0) is 4.74 Å². The summed E-state index contributed by atoms with van der Waals surface area (Å²) in [5.41, 5.74) is 3.76. The highest BCUT2D eigenvalue weighted by Crippen LogP contribution is 2.36. The maximum Gasteiger partial charge on any atom is 0.0640 e. The van der Waals surface area contributed by atoms with Gasteiger partial charge in [-0.25, -0.2) is 0 Å². The van der Waals surface area contributed by atoms with E-state index in [4.69, 9.17) is 33.8 Å². The van der Waals surface area contributed by atoms with Crippen molar-refractivity contribution in [1.29, 1.82) is 0 Å². The quantitative estimate of drug-likeness (QED) is 0.658. The van der Waals surface area contributed by atoms with Crippen molar-refractivity contribution >= 4 is 23.2 Å². The summed E-state index contributed by atoms with van der Waals surface area (Å²) in [5, 5.41) is 1.12. The minimum absolute atomic E-state index is 0.0221. The number of nitrogens with two attached hydrogens (primary N) is 1. The molecule has 1 aliphatic heterocycles. The van der Waals surface area contributed by atoms with Crippen LogP contribution in [0.1, 0.15) is 24.9 Å². The molecule has 3 unspecified atom stereocenters. The van der Waals surface area contributed by atoms with Gasteiger partial charge in [0.15, 0.2) is 0 Å². The molecule has 1 saturated heterocycles. The summed E-state index contributed by atoms with van der Waals surface area (Å²) in [4.78, 5) is 0. The standard InChI is InChI=1S/C12H16Cl2N2O/c1-7-5-8(6-17-7)12(16-15)9-3-2-4-10(13)11(9)14/h2-4,7-8,12,16H,5-6,15H2,1H3. The fourth-order valence-electron chi connectivity index (χ4n) is 2.32. The third-order valence-electron chi connectivity index (χ3n) is 3.20. The fraction of sp³-hybridized carbons (Fsp3) is 0.500. The average molecular weight is 275 g/mol. The molecule has 1 heterocycles. The van der Waals surface area contributed by atoms with Gasteiger partial charge in [-0.1, -0.05) is 35.3 Å². The molecule has 0 amide bonds. The van der Waals surface area contributed by atoms with Gasteiger partial charge in [0.25, 0.3) is 0 Å². The highest BCUT2D eigenvalue weighted by Gasteiger charge is 2.31. The summed E-state index contributed by atoms with van der Waals surface area (Å²) in [6.45, 7) is 2.76. The Hall–Kier alpha value is -0.320. The summed E-state index contributed by atoms with van der Waals surface area (Å²) in [5.74, 6) is 5.97. The first-order chi connectivity index (χ1) is 8.13. The van der Waals surface area contributed by atoms with Crippen LogP contribution in [0.4, 0.5) is 0 Å². The third-order valence-corrected chi connectivity index (χ3v) is 4.03. The number of hydrazine groups is 1. The van der Waals surface area contributed by atoms with E-state index in [0.717, 1.165) is 12.0 Å². The molecule has 5 heteroatoms. The molecule has 1 aromatic carbocycles. The van der Waals surface area contributed by atoms with Crippen molar-refractivity contribution in [3.8, 4) is 0 Å². The summed E-state index contributed by atoms with van der Waals surface area (Å²) in [6, 6.07) is 5.58. The van der Waals surface area contributed by atoms with E-state index in [-0.39, 0.29) is 12.1 Å². The van der Waals surface area contributed by atoms with E-state index >= 15 is 0 Å². The highest BCUT2D eigenvalue weighted by atomic mass is 35.5. The molecule has 3 atom stereocenters. The Kier molecular flexibility index (Phi) is 4.28. The van der Waals surface area contributed by atoms with Crippen LogP contribution >= 0.6 is 23.2 Å². The lowest BCUT2D eigenvalue weighted by atomic mass is 9.91. The van der Waals surface area contributed by atoms with Crippen LogP contribution < -0.4 is 11.3 Å². The van der Waals surface area contributed by atoms with Gasteiger partial charge in [0.2, 0.25) is 0 Å². The van der Waals surface area contributed by atoms with Crippen molar-refractivity contribution in [3.63, 3.8) is 0 Å². The van der Waals surface area contributed by atoms with E-state index in [1.54, 1.807) is 6.07 Å². The predicted octanol–water partition coefficient (Wildman–Crippen LogP) is 2.92. The van der Waals surface area contributed by atoms with Gasteiger partial charge in [-0.3, -0.25) is 11.3 Å². The number of benzene rings is 1. The molecule has 1 aliphatic rings. The van der Waals surface area contributed by atoms with Crippen molar-refractivity contribution in [3.05, 3.63) is 33.8 Å². The van der Waals surface area contributed by atoms with Gasteiger partial charge >= 0.3 is 0 Å². The Balaban J connectivity index is 2.26. The van der Waals surface area contributed by atoms with Crippen molar-refractivity contribution in [2.75, 3.05) is 6.61 Å². The molecule has 3 nitrogen and oxygen atoms in total. The number of rotatable bonds is 3. The fourth-order valence-corrected chi connectivity index (χ4v) is 2.75. The Morgan fingerprint density at radius 3 is 2.82 bits per heavy atom. The van der Waals surface area contributed by atoms with E-state index in [1.165, 1.54) is 0 Å². The number of halogens is 2. The van der Waals surface area contributed by atoms with E-state index in [1.807, 2.05) is 12.1 Å². The summed E-state index contributed by atoms with van der Waals surface area (Å²) < 4.78 is 5.57. The third kappa shape index (κ3) is 2.75. The second-order valence-corrected chi connectivity index (χ2v) is 5.21. The van der Waals surface area contributed by atoms with E-state index in [2.05, 4.69) is 12.3 Å². The molecule has 0 radical (unpaired) electrons. The van der Waals surface area contributed by atoms with E-state index in [0.29, 0.717) is 22.6 Å². The number of ether oxygens (including phenoxy) is 1. The molecule has 1 aromatic rings. The van der Waals surface area contributed by atoms with Crippen molar-refractivity contribution in [2.45, 2.75) is 25.5 Å². The van der Waals surface area contributed by atoms with Gasteiger partial charge in [-0.2, -0.15) is 0 Å². The molecule has 1 fully saturated rings. The van der Waals surface area contributed by atoms with Crippen molar-refractivity contribution in [2.24, 2.45) is 11.8 Å². The minimum Gasteiger partial charge on any atom is -0.378 e. The van der Waals surface area contributed by atoms with Crippen LogP contribution in [0.15, 0.2) is 18.2 Å². The lowest BCUT2D eigenvalue weighted by Crippen LogP contribution is -2.34. The maximum absolute atomic E-state index is 6.21. The average Bonchev–Trinajstić information content (AvgIpc) is 2.72. The molecule has 2 rings (SSSR count). The summed E-state index contributed by atoms with van der Waals surface area (Å²) >= 11 is 12.2. The summed E-state index contributed by atoms with van der Waals surface area (Å²) in [7, 11) is 0. The van der Waals surface area contributed by atoms with Crippen LogP contribution in [-0.4, -0.2) is 12.7 Å². The lowest BCUT2D eigenvalue weighted by Gasteiger charge is -2.23. The van der Waals surface area contributed by atoms with Gasteiger partial charge in [0.05, 0.1) is 28.8 Å². The van der Waals surface area contributed by atoms with Crippen molar-refractivity contribution in [1.82, 2.24) is 5.43 Å². The Morgan fingerprint density at radius 1 is 1.47 bits per heavy atom. The molecular weight excluding hydrogens is 259 g/mol. The van der Waals surface area contributed by atoms with Crippen LogP contribution in [0.2, 0.25) is 10.0 Å². The zero-order valence-electron chi connectivity index (χ0n) is 9.62. The second-order valence-electron chi connectivity index (χ2n) is 4.43. The predicted molar refractivity (Wildman–Crippen MR) is 70.0 cm³/mol. The monoisotopic (exact) mass is 274 g/mol. The molecule has 94 valence electrons. The lowest BCUT2D eigenvalue weighted by molar-refractivity contribution is 0.117. The van der Waals surface area contributed by atoms with Crippen LogP contribution in [0, 0.1) is 5.92 Å². The SMILES string of the molecule is CC1CC(C(NN)c2cccc(Cl)c2Cl)CO1. The van der Waals surface area contributed by atoms with Gasteiger partial charge in [0, 0.05) is 5.92 Å². The molecule has 0 aromatic heterocycles. The number of hydrogen-bond donors (Lipinski definition) is 2. The molecular formula is C12H16Cl2N2O. The van der Waals surface area contributed by atoms with Gasteiger partial charge < -0.3 is 4.74 Å². The van der Waals surface area contributed by atoms with Crippen LogP contribution in [0.5, 0.6) is 0 Å². The van der Waals surface area contributed by atoms with E-state index < -0.39 is 0 Å². The molecule has 0 bridgehead atoms. The topological polar surface area (TPSA) is 47.3 Å². The van der Waals surface area contributed by atoms with Gasteiger partial charge in [-0.05, 0) is 25.0 Å². The number of hydrogen-bond acceptors (Lipinski definition) is 3. The molecule has 0 aliphatic carbocycles.